The minimum Gasteiger partial charge on any atom is -0.324 e. The van der Waals surface area contributed by atoms with Gasteiger partial charge in [0.1, 0.15) is 0 Å². The van der Waals surface area contributed by atoms with Gasteiger partial charge in [-0.05, 0) is 24.6 Å². The maximum absolute atomic E-state index is 12.5. The Kier molecular flexibility index (Phi) is 3.82. The molecule has 0 aliphatic carbocycles. The van der Waals surface area contributed by atoms with Crippen LogP contribution in [0.5, 0.6) is 0 Å². The van der Waals surface area contributed by atoms with Gasteiger partial charge in [0.15, 0.2) is 6.54 Å². The molecule has 0 aromatic heterocycles. The first kappa shape index (κ1) is 13.1. The molecule has 4 nitrogen and oxygen atoms in total. The molecule has 0 unspecified atom stereocenters. The molecule has 0 atom stereocenters. The number of alkyl halides is 3. The van der Waals surface area contributed by atoms with Crippen LogP contribution in [-0.2, 0) is 11.0 Å². The Labute approximate surface area is 94.8 Å². The molecule has 0 heterocycles. The van der Waals surface area contributed by atoms with Gasteiger partial charge in [0.05, 0.1) is 5.56 Å². The van der Waals surface area contributed by atoms with E-state index in [4.69, 9.17) is 0 Å². The molecular formula is C10H9F3N2O2. The quantitative estimate of drug-likeness (QED) is 0.833. The zero-order valence-corrected chi connectivity index (χ0v) is 8.84. The third-order valence-corrected chi connectivity index (χ3v) is 2.12. The molecule has 17 heavy (non-hydrogen) atoms. The van der Waals surface area contributed by atoms with Gasteiger partial charge in [-0.1, -0.05) is 11.2 Å². The molecule has 1 N–H and O–H groups in total. The molecule has 0 bridgehead atoms. The molecule has 7 heteroatoms. The second kappa shape index (κ2) is 4.94. The molecular weight excluding hydrogens is 237 g/mol. The van der Waals surface area contributed by atoms with E-state index in [-0.39, 0.29) is 11.3 Å². The van der Waals surface area contributed by atoms with Crippen molar-refractivity contribution in [2.75, 3.05) is 11.9 Å². The van der Waals surface area contributed by atoms with Gasteiger partial charge in [-0.25, -0.2) is 0 Å². The van der Waals surface area contributed by atoms with Crippen molar-refractivity contribution < 1.29 is 18.0 Å². The van der Waals surface area contributed by atoms with Gasteiger partial charge < -0.3 is 5.32 Å². The van der Waals surface area contributed by atoms with Crippen molar-refractivity contribution in [3.63, 3.8) is 0 Å². The average Bonchev–Trinajstić information content (AvgIpc) is 2.19. The first-order chi connectivity index (χ1) is 7.86. The van der Waals surface area contributed by atoms with Crippen molar-refractivity contribution in [1.82, 2.24) is 0 Å². The Hall–Kier alpha value is -1.92. The van der Waals surface area contributed by atoms with E-state index < -0.39 is 24.2 Å². The Bertz CT molecular complexity index is 444. The normalized spacial score (nSPS) is 11.1. The molecule has 1 aromatic rings. The molecule has 0 fully saturated rings. The van der Waals surface area contributed by atoms with E-state index in [0.717, 1.165) is 6.07 Å². The summed E-state index contributed by atoms with van der Waals surface area (Å²) in [4.78, 5) is 20.9. The van der Waals surface area contributed by atoms with E-state index in [9.17, 15) is 22.9 Å². The van der Waals surface area contributed by atoms with E-state index >= 15 is 0 Å². The van der Waals surface area contributed by atoms with Gasteiger partial charge in [0.25, 0.3) is 0 Å². The molecule has 0 saturated heterocycles. The first-order valence-corrected chi connectivity index (χ1v) is 4.62. The highest BCUT2D eigenvalue weighted by Crippen LogP contribution is 2.34. The van der Waals surface area contributed by atoms with Gasteiger partial charge in [0, 0.05) is 5.69 Å². The number of nitrogens with one attached hydrogen (secondary N) is 1. The van der Waals surface area contributed by atoms with Gasteiger partial charge in [-0.3, -0.25) is 4.79 Å². The maximum Gasteiger partial charge on any atom is 0.416 e. The van der Waals surface area contributed by atoms with Gasteiger partial charge in [-0.15, -0.1) is 0 Å². The topological polar surface area (TPSA) is 58.5 Å². The van der Waals surface area contributed by atoms with Crippen molar-refractivity contribution in [1.29, 1.82) is 0 Å². The van der Waals surface area contributed by atoms with Crippen LogP contribution in [0.1, 0.15) is 11.1 Å². The fraction of sp³-hybridized carbons (Fsp3) is 0.300. The predicted octanol–water partition coefficient (Wildman–Crippen LogP) is 2.72. The number of amides is 1. The Morgan fingerprint density at radius 2 is 2.06 bits per heavy atom. The van der Waals surface area contributed by atoms with Gasteiger partial charge >= 0.3 is 6.18 Å². The van der Waals surface area contributed by atoms with Crippen LogP contribution in [0, 0.1) is 11.8 Å². The minimum absolute atomic E-state index is 0.0217. The monoisotopic (exact) mass is 246 g/mol. The molecule has 1 aromatic carbocycles. The molecule has 0 radical (unpaired) electrons. The fourth-order valence-electron chi connectivity index (χ4n) is 1.33. The summed E-state index contributed by atoms with van der Waals surface area (Å²) in [5, 5.41) is 4.54. The number of nitroso groups, excluding NO2 is 1. The number of hydrogen-bond acceptors (Lipinski definition) is 3. The molecule has 0 saturated carbocycles. The third kappa shape index (κ3) is 3.27. The highest BCUT2D eigenvalue weighted by atomic mass is 19.4. The maximum atomic E-state index is 12.5. The number of nitrogens with zero attached hydrogens (tertiary/aromatic N) is 1. The Morgan fingerprint density at radius 1 is 1.41 bits per heavy atom. The van der Waals surface area contributed by atoms with Crippen LogP contribution in [0.3, 0.4) is 0 Å². The summed E-state index contributed by atoms with van der Waals surface area (Å²) in [5.41, 5.74) is -0.901. The van der Waals surface area contributed by atoms with Crippen molar-refractivity contribution in [3.8, 4) is 0 Å². The third-order valence-electron chi connectivity index (χ3n) is 2.12. The molecule has 1 amide bonds. The number of carbonyl (C=O) groups is 1. The summed E-state index contributed by atoms with van der Waals surface area (Å²) >= 11 is 0. The number of carbonyl (C=O) groups excluding carboxylic acids is 1. The van der Waals surface area contributed by atoms with Crippen molar-refractivity contribution in [3.05, 3.63) is 34.2 Å². The average molecular weight is 246 g/mol. The van der Waals surface area contributed by atoms with Crippen molar-refractivity contribution >= 4 is 11.6 Å². The van der Waals surface area contributed by atoms with Crippen molar-refractivity contribution in [2.24, 2.45) is 5.18 Å². The highest BCUT2D eigenvalue weighted by molar-refractivity contribution is 5.93. The van der Waals surface area contributed by atoms with Crippen molar-refractivity contribution in [2.45, 2.75) is 13.1 Å². The number of halogens is 3. The number of benzene rings is 1. The van der Waals surface area contributed by atoms with Crippen LogP contribution >= 0.6 is 0 Å². The smallest absolute Gasteiger partial charge is 0.324 e. The van der Waals surface area contributed by atoms with Crippen LogP contribution in [0.15, 0.2) is 23.4 Å². The summed E-state index contributed by atoms with van der Waals surface area (Å²) in [6.45, 7) is 0.614. The van der Waals surface area contributed by atoms with E-state index in [1.165, 1.54) is 19.1 Å². The highest BCUT2D eigenvalue weighted by Gasteiger charge is 2.32. The van der Waals surface area contributed by atoms with Gasteiger partial charge in [-0.2, -0.15) is 18.1 Å². The van der Waals surface area contributed by atoms with Crippen LogP contribution in [0.4, 0.5) is 18.9 Å². The van der Waals surface area contributed by atoms with Crippen LogP contribution < -0.4 is 5.32 Å². The standard InChI is InChI=1S/C10H9F3N2O2/c1-6-7(10(11,12)13)3-2-4-8(6)15-9(16)5-14-17/h2-4H,5H2,1H3,(H,15,16). The molecule has 0 aliphatic heterocycles. The van der Waals surface area contributed by atoms with E-state index in [2.05, 4.69) is 10.5 Å². The summed E-state index contributed by atoms with van der Waals surface area (Å²) in [5.74, 6) is -0.748. The van der Waals surface area contributed by atoms with Crippen LogP contribution in [0.2, 0.25) is 0 Å². The first-order valence-electron chi connectivity index (χ1n) is 4.62. The second-order valence-electron chi connectivity index (χ2n) is 3.31. The lowest BCUT2D eigenvalue weighted by molar-refractivity contribution is -0.138. The number of hydrogen-bond donors (Lipinski definition) is 1. The van der Waals surface area contributed by atoms with E-state index in [0.29, 0.717) is 0 Å². The lowest BCUT2D eigenvalue weighted by Crippen LogP contribution is -2.17. The molecule has 0 aliphatic rings. The summed E-state index contributed by atoms with van der Waals surface area (Å²) in [6.07, 6.45) is -4.48. The largest absolute Gasteiger partial charge is 0.416 e. The fourth-order valence-corrected chi connectivity index (χ4v) is 1.33. The minimum atomic E-state index is -4.48. The molecule has 1 rings (SSSR count). The van der Waals surface area contributed by atoms with E-state index in [1.807, 2.05) is 0 Å². The van der Waals surface area contributed by atoms with Crippen LogP contribution in [-0.4, -0.2) is 12.5 Å². The zero-order valence-electron chi connectivity index (χ0n) is 8.84. The number of anilines is 1. The lowest BCUT2D eigenvalue weighted by atomic mass is 10.1. The summed E-state index contributed by atoms with van der Waals surface area (Å²) in [6, 6.07) is 3.43. The molecule has 92 valence electrons. The van der Waals surface area contributed by atoms with Crippen LogP contribution in [0.25, 0.3) is 0 Å². The number of rotatable bonds is 3. The molecule has 0 spiro atoms. The lowest BCUT2D eigenvalue weighted by Gasteiger charge is -2.13. The zero-order chi connectivity index (χ0) is 13.1. The SMILES string of the molecule is Cc1c(NC(=O)CN=O)cccc1C(F)(F)F. The second-order valence-corrected chi connectivity index (χ2v) is 3.31. The Morgan fingerprint density at radius 3 is 2.59 bits per heavy atom. The summed E-state index contributed by atoms with van der Waals surface area (Å²) < 4.78 is 37.6. The van der Waals surface area contributed by atoms with E-state index in [1.54, 1.807) is 0 Å². The Balaban J connectivity index is 3.03. The summed E-state index contributed by atoms with van der Waals surface area (Å²) in [7, 11) is 0. The predicted molar refractivity (Wildman–Crippen MR) is 55.5 cm³/mol. The van der Waals surface area contributed by atoms with Gasteiger partial charge in [0.2, 0.25) is 5.91 Å².